The van der Waals surface area contributed by atoms with E-state index in [9.17, 15) is 4.79 Å². The standard InChI is InChI=1S/C18H20N2OS.ClH/c19-14-11-10-13(12-14)18(21)20-16-8-4-5-9-17(16)22-15-6-2-1-3-7-15;/h1-9,13-14H,10-12,19H2,(H,20,21);1H. The lowest BCUT2D eigenvalue weighted by molar-refractivity contribution is -0.119. The molecule has 0 heterocycles. The zero-order valence-electron chi connectivity index (χ0n) is 12.8. The predicted molar refractivity (Wildman–Crippen MR) is 98.2 cm³/mol. The van der Waals surface area contributed by atoms with Crippen molar-refractivity contribution in [2.45, 2.75) is 35.1 Å². The van der Waals surface area contributed by atoms with Crippen LogP contribution in [0.4, 0.5) is 5.69 Å². The highest BCUT2D eigenvalue weighted by Crippen LogP contribution is 2.34. The summed E-state index contributed by atoms with van der Waals surface area (Å²) >= 11 is 1.66. The largest absolute Gasteiger partial charge is 0.328 e. The second-order valence-electron chi connectivity index (χ2n) is 5.67. The summed E-state index contributed by atoms with van der Waals surface area (Å²) in [6.45, 7) is 0. The van der Waals surface area contributed by atoms with Gasteiger partial charge >= 0.3 is 0 Å². The third kappa shape index (κ3) is 4.74. The van der Waals surface area contributed by atoms with Crippen molar-refractivity contribution in [2.24, 2.45) is 11.7 Å². The van der Waals surface area contributed by atoms with Crippen LogP contribution in [0.1, 0.15) is 19.3 Å². The molecule has 0 aliphatic heterocycles. The smallest absolute Gasteiger partial charge is 0.227 e. The van der Waals surface area contributed by atoms with Crippen LogP contribution in [-0.4, -0.2) is 11.9 Å². The van der Waals surface area contributed by atoms with Gasteiger partial charge in [-0.3, -0.25) is 4.79 Å². The summed E-state index contributed by atoms with van der Waals surface area (Å²) in [5.41, 5.74) is 6.78. The Morgan fingerprint density at radius 1 is 1.04 bits per heavy atom. The van der Waals surface area contributed by atoms with Crippen LogP contribution in [0, 0.1) is 5.92 Å². The summed E-state index contributed by atoms with van der Waals surface area (Å²) in [5, 5.41) is 3.08. The number of anilines is 1. The average molecular weight is 349 g/mol. The highest BCUT2D eigenvalue weighted by molar-refractivity contribution is 7.99. The molecule has 3 rings (SSSR count). The Balaban J connectivity index is 0.00000192. The Morgan fingerprint density at radius 2 is 1.74 bits per heavy atom. The van der Waals surface area contributed by atoms with E-state index < -0.39 is 0 Å². The van der Waals surface area contributed by atoms with E-state index in [0.717, 1.165) is 34.7 Å². The fraction of sp³-hybridized carbons (Fsp3) is 0.278. The normalized spacial score (nSPS) is 19.9. The maximum Gasteiger partial charge on any atom is 0.227 e. The van der Waals surface area contributed by atoms with Gasteiger partial charge in [-0.1, -0.05) is 42.1 Å². The van der Waals surface area contributed by atoms with Gasteiger partial charge in [0.15, 0.2) is 0 Å². The van der Waals surface area contributed by atoms with Crippen LogP contribution < -0.4 is 11.1 Å². The molecule has 2 aromatic rings. The van der Waals surface area contributed by atoms with Crippen LogP contribution in [-0.2, 0) is 4.79 Å². The number of benzene rings is 2. The molecule has 2 aromatic carbocycles. The van der Waals surface area contributed by atoms with Crippen LogP contribution >= 0.6 is 24.2 Å². The molecule has 3 nitrogen and oxygen atoms in total. The fourth-order valence-corrected chi connectivity index (χ4v) is 3.69. The number of nitrogens with one attached hydrogen (secondary N) is 1. The van der Waals surface area contributed by atoms with Crippen LogP contribution in [0.5, 0.6) is 0 Å². The molecule has 2 atom stereocenters. The van der Waals surface area contributed by atoms with E-state index in [2.05, 4.69) is 17.4 Å². The van der Waals surface area contributed by atoms with Crippen molar-refractivity contribution in [1.82, 2.24) is 0 Å². The predicted octanol–water partition coefficient (Wildman–Crippen LogP) is 4.33. The van der Waals surface area contributed by atoms with Crippen molar-refractivity contribution in [1.29, 1.82) is 0 Å². The minimum Gasteiger partial charge on any atom is -0.328 e. The van der Waals surface area contributed by atoms with Crippen LogP contribution in [0.2, 0.25) is 0 Å². The third-order valence-corrected chi connectivity index (χ3v) is 5.04. The lowest BCUT2D eigenvalue weighted by Gasteiger charge is -2.14. The summed E-state index contributed by atoms with van der Waals surface area (Å²) in [6, 6.07) is 18.3. The molecule has 2 unspecified atom stereocenters. The summed E-state index contributed by atoms with van der Waals surface area (Å²) in [5.74, 6) is 0.138. The lowest BCUT2D eigenvalue weighted by Crippen LogP contribution is -2.23. The van der Waals surface area contributed by atoms with E-state index in [1.54, 1.807) is 11.8 Å². The van der Waals surface area contributed by atoms with Crippen molar-refractivity contribution in [3.63, 3.8) is 0 Å². The van der Waals surface area contributed by atoms with Gasteiger partial charge in [0, 0.05) is 21.8 Å². The van der Waals surface area contributed by atoms with Gasteiger partial charge in [-0.25, -0.2) is 0 Å². The van der Waals surface area contributed by atoms with E-state index >= 15 is 0 Å². The lowest BCUT2D eigenvalue weighted by atomic mass is 10.1. The quantitative estimate of drug-likeness (QED) is 0.864. The van der Waals surface area contributed by atoms with Crippen LogP contribution in [0.25, 0.3) is 0 Å². The third-order valence-electron chi connectivity index (χ3n) is 3.96. The molecule has 122 valence electrons. The SMILES string of the molecule is Cl.NC1CCC(C(=O)Nc2ccccc2Sc2ccccc2)C1. The number of para-hydroxylation sites is 1. The van der Waals surface area contributed by atoms with Gasteiger partial charge in [-0.2, -0.15) is 0 Å². The maximum absolute atomic E-state index is 12.4. The number of hydrogen-bond donors (Lipinski definition) is 2. The average Bonchev–Trinajstić information content (AvgIpc) is 2.97. The molecule has 23 heavy (non-hydrogen) atoms. The molecule has 0 spiro atoms. The first kappa shape index (κ1) is 17.9. The molecular weight excluding hydrogens is 328 g/mol. The van der Waals surface area contributed by atoms with Crippen molar-refractivity contribution in [2.75, 3.05) is 5.32 Å². The van der Waals surface area contributed by atoms with E-state index in [-0.39, 0.29) is 30.3 Å². The van der Waals surface area contributed by atoms with E-state index in [0.29, 0.717) is 0 Å². The van der Waals surface area contributed by atoms with Gasteiger partial charge in [0.1, 0.15) is 0 Å². The van der Waals surface area contributed by atoms with Gasteiger partial charge in [0.05, 0.1) is 5.69 Å². The van der Waals surface area contributed by atoms with Crippen LogP contribution in [0.15, 0.2) is 64.4 Å². The molecule has 0 aromatic heterocycles. The second kappa shape index (κ2) is 8.39. The monoisotopic (exact) mass is 348 g/mol. The Labute approximate surface area is 147 Å². The first-order chi connectivity index (χ1) is 10.7. The number of carbonyl (C=O) groups excluding carboxylic acids is 1. The maximum atomic E-state index is 12.4. The molecule has 1 aliphatic rings. The first-order valence-electron chi connectivity index (χ1n) is 7.61. The summed E-state index contributed by atoms with van der Waals surface area (Å²) < 4.78 is 0. The van der Waals surface area contributed by atoms with Gasteiger partial charge in [0.25, 0.3) is 0 Å². The molecule has 0 bridgehead atoms. The van der Waals surface area contributed by atoms with Gasteiger partial charge in [-0.05, 0) is 43.5 Å². The number of hydrogen-bond acceptors (Lipinski definition) is 3. The molecule has 1 amide bonds. The summed E-state index contributed by atoms with van der Waals surface area (Å²) in [4.78, 5) is 14.6. The highest BCUT2D eigenvalue weighted by Gasteiger charge is 2.28. The highest BCUT2D eigenvalue weighted by atomic mass is 35.5. The Morgan fingerprint density at radius 3 is 2.43 bits per heavy atom. The zero-order chi connectivity index (χ0) is 15.4. The van der Waals surface area contributed by atoms with E-state index in [1.165, 1.54) is 0 Å². The Hall–Kier alpha value is -1.49. The molecular formula is C18H21ClN2OS. The number of nitrogens with two attached hydrogens (primary N) is 1. The van der Waals surface area contributed by atoms with Crippen molar-refractivity contribution in [3.05, 3.63) is 54.6 Å². The summed E-state index contributed by atoms with van der Waals surface area (Å²) in [6.07, 6.45) is 2.62. The Bertz CT molecular complexity index is 650. The van der Waals surface area contributed by atoms with Crippen LogP contribution in [0.3, 0.4) is 0 Å². The molecule has 3 N–H and O–H groups in total. The van der Waals surface area contributed by atoms with E-state index in [4.69, 9.17) is 5.73 Å². The fourth-order valence-electron chi connectivity index (χ4n) is 2.76. The van der Waals surface area contributed by atoms with Gasteiger partial charge in [0.2, 0.25) is 5.91 Å². The molecule has 1 saturated carbocycles. The number of carbonyl (C=O) groups is 1. The first-order valence-corrected chi connectivity index (χ1v) is 8.42. The van der Waals surface area contributed by atoms with Gasteiger partial charge < -0.3 is 11.1 Å². The number of rotatable bonds is 4. The van der Waals surface area contributed by atoms with E-state index in [1.807, 2.05) is 42.5 Å². The van der Waals surface area contributed by atoms with Crippen molar-refractivity contribution >= 4 is 35.8 Å². The minimum absolute atomic E-state index is 0. The number of amides is 1. The summed E-state index contributed by atoms with van der Waals surface area (Å²) in [7, 11) is 0. The topological polar surface area (TPSA) is 55.1 Å². The minimum atomic E-state index is 0. The molecule has 5 heteroatoms. The molecule has 0 saturated heterocycles. The molecule has 0 radical (unpaired) electrons. The van der Waals surface area contributed by atoms with Crippen molar-refractivity contribution in [3.8, 4) is 0 Å². The zero-order valence-corrected chi connectivity index (χ0v) is 14.4. The molecule has 1 fully saturated rings. The van der Waals surface area contributed by atoms with Crippen molar-refractivity contribution < 1.29 is 4.79 Å². The molecule has 1 aliphatic carbocycles. The Kier molecular flexibility index (Phi) is 6.51. The number of halogens is 1. The van der Waals surface area contributed by atoms with Gasteiger partial charge in [-0.15, -0.1) is 12.4 Å². The second-order valence-corrected chi connectivity index (χ2v) is 6.79.